The summed E-state index contributed by atoms with van der Waals surface area (Å²) in [7, 11) is 0. The van der Waals surface area contributed by atoms with E-state index in [0.29, 0.717) is 10.7 Å². The van der Waals surface area contributed by atoms with Crippen LogP contribution in [0.5, 0.6) is 0 Å². The first-order chi connectivity index (χ1) is 7.18. The van der Waals surface area contributed by atoms with Crippen LogP contribution >= 0.6 is 15.9 Å². The monoisotopic (exact) mass is 272 g/mol. The first kappa shape index (κ1) is 10.1. The molecule has 0 radical (unpaired) electrons. The molecule has 84 valence electrons. The van der Waals surface area contributed by atoms with Crippen molar-refractivity contribution in [1.29, 1.82) is 0 Å². The highest BCUT2D eigenvalue weighted by Crippen LogP contribution is 2.61. The molecular weight excluding hydrogens is 256 g/mol. The zero-order chi connectivity index (χ0) is 10.6. The Kier molecular flexibility index (Phi) is 2.35. The van der Waals surface area contributed by atoms with Gasteiger partial charge in [-0.2, -0.15) is 0 Å². The van der Waals surface area contributed by atoms with Crippen LogP contribution in [-0.4, -0.2) is 16.9 Å². The van der Waals surface area contributed by atoms with Crippen LogP contribution in [0, 0.1) is 23.7 Å². The molecule has 0 heterocycles. The number of hydrogen-bond donors (Lipinski definition) is 0. The SMILES string of the molecule is CC(=O)O[C@H]1C[C@H]2[C@H](Br)[C@@H]1[C@H]1CCC[C@@H]21. The highest BCUT2D eigenvalue weighted by atomic mass is 79.9. The smallest absolute Gasteiger partial charge is 0.302 e. The third-order valence-electron chi connectivity index (χ3n) is 4.70. The lowest BCUT2D eigenvalue weighted by molar-refractivity contribution is -0.150. The molecule has 3 aliphatic carbocycles. The molecule has 2 nitrogen and oxygen atoms in total. The highest BCUT2D eigenvalue weighted by molar-refractivity contribution is 9.09. The van der Waals surface area contributed by atoms with Crippen molar-refractivity contribution < 1.29 is 9.53 Å². The first-order valence-electron chi connectivity index (χ1n) is 6.00. The second-order valence-electron chi connectivity index (χ2n) is 5.33. The first-order valence-corrected chi connectivity index (χ1v) is 6.91. The lowest BCUT2D eigenvalue weighted by Crippen LogP contribution is -2.32. The van der Waals surface area contributed by atoms with Crippen LogP contribution in [-0.2, 0) is 9.53 Å². The topological polar surface area (TPSA) is 26.3 Å². The van der Waals surface area contributed by atoms with Gasteiger partial charge in [0, 0.05) is 17.7 Å². The summed E-state index contributed by atoms with van der Waals surface area (Å²) in [5, 5.41) is 0. The summed E-state index contributed by atoms with van der Waals surface area (Å²) in [4.78, 5) is 11.6. The van der Waals surface area contributed by atoms with Gasteiger partial charge >= 0.3 is 5.97 Å². The van der Waals surface area contributed by atoms with Gasteiger partial charge in [-0.05, 0) is 37.0 Å². The standard InChI is InChI=1S/C12H17BrO2/c1-6(14)15-10-5-9-7-3-2-4-8(7)11(10)12(9)13/h7-12H,2-5H2,1H3/t7-,8+,9-,10+,11-,12+/m1/s1. The van der Waals surface area contributed by atoms with Crippen LogP contribution in [0.25, 0.3) is 0 Å². The summed E-state index contributed by atoms with van der Waals surface area (Å²) < 4.78 is 5.45. The molecule has 0 saturated heterocycles. The van der Waals surface area contributed by atoms with Gasteiger partial charge in [0.05, 0.1) is 0 Å². The maximum atomic E-state index is 11.0. The number of carbonyl (C=O) groups is 1. The second kappa shape index (κ2) is 3.47. The van der Waals surface area contributed by atoms with Gasteiger partial charge in [0.15, 0.2) is 0 Å². The third-order valence-corrected chi connectivity index (χ3v) is 5.99. The molecule has 0 unspecified atom stereocenters. The Hall–Kier alpha value is -0.0500. The molecule has 0 aliphatic heterocycles. The number of alkyl halides is 1. The van der Waals surface area contributed by atoms with Crippen molar-refractivity contribution in [2.45, 2.75) is 43.5 Å². The molecule has 3 heteroatoms. The van der Waals surface area contributed by atoms with Gasteiger partial charge in [-0.25, -0.2) is 0 Å². The normalized spacial score (nSPS) is 51.9. The van der Waals surface area contributed by atoms with Gasteiger partial charge in [-0.3, -0.25) is 4.79 Å². The molecule has 3 fully saturated rings. The second-order valence-corrected chi connectivity index (χ2v) is 6.39. The molecule has 0 spiro atoms. The van der Waals surface area contributed by atoms with E-state index in [1.165, 1.54) is 26.2 Å². The minimum absolute atomic E-state index is 0.109. The zero-order valence-corrected chi connectivity index (χ0v) is 10.6. The largest absolute Gasteiger partial charge is 0.462 e. The molecule has 15 heavy (non-hydrogen) atoms. The fourth-order valence-corrected chi connectivity index (χ4v) is 5.68. The summed E-state index contributed by atoms with van der Waals surface area (Å²) in [6, 6.07) is 0. The van der Waals surface area contributed by atoms with Crippen molar-refractivity contribution in [3.63, 3.8) is 0 Å². The number of hydrogen-bond acceptors (Lipinski definition) is 2. The van der Waals surface area contributed by atoms with E-state index in [0.717, 1.165) is 24.2 Å². The van der Waals surface area contributed by atoms with E-state index < -0.39 is 0 Å². The molecule has 2 bridgehead atoms. The van der Waals surface area contributed by atoms with E-state index in [-0.39, 0.29) is 12.1 Å². The summed E-state index contributed by atoms with van der Waals surface area (Å²) in [6.45, 7) is 1.53. The Bertz CT molecular complexity index is 289. The molecule has 3 rings (SSSR count). The average molecular weight is 273 g/mol. The van der Waals surface area contributed by atoms with Crippen molar-refractivity contribution in [1.82, 2.24) is 0 Å². The molecule has 0 amide bonds. The van der Waals surface area contributed by atoms with E-state index in [1.54, 1.807) is 0 Å². The summed E-state index contributed by atoms with van der Waals surface area (Å²) in [6.07, 6.45) is 5.44. The number of halogens is 1. The maximum absolute atomic E-state index is 11.0. The van der Waals surface area contributed by atoms with E-state index in [4.69, 9.17) is 4.74 Å². The van der Waals surface area contributed by atoms with Crippen LogP contribution in [0.15, 0.2) is 0 Å². The Labute approximate surface area is 98.9 Å². The van der Waals surface area contributed by atoms with E-state index >= 15 is 0 Å². The molecule has 3 saturated carbocycles. The van der Waals surface area contributed by atoms with Crippen molar-refractivity contribution in [3.8, 4) is 0 Å². The number of rotatable bonds is 1. The fraction of sp³-hybridized carbons (Fsp3) is 0.917. The third kappa shape index (κ3) is 1.38. The Morgan fingerprint density at radius 3 is 2.73 bits per heavy atom. The minimum atomic E-state index is -0.109. The van der Waals surface area contributed by atoms with E-state index in [2.05, 4.69) is 15.9 Å². The number of fused-ring (bicyclic) bond motifs is 5. The minimum Gasteiger partial charge on any atom is -0.462 e. The predicted octanol–water partition coefficient (Wildman–Crippen LogP) is 2.75. The summed E-state index contributed by atoms with van der Waals surface area (Å²) in [5.41, 5.74) is 0. The number of carbonyl (C=O) groups excluding carboxylic acids is 1. The summed E-state index contributed by atoms with van der Waals surface area (Å²) in [5.74, 6) is 3.02. The van der Waals surface area contributed by atoms with Crippen LogP contribution in [0.4, 0.5) is 0 Å². The Balaban J connectivity index is 1.80. The van der Waals surface area contributed by atoms with Gasteiger partial charge in [0.1, 0.15) is 6.10 Å². The van der Waals surface area contributed by atoms with Crippen molar-refractivity contribution >= 4 is 21.9 Å². The summed E-state index contributed by atoms with van der Waals surface area (Å²) >= 11 is 3.83. The van der Waals surface area contributed by atoms with Gasteiger partial charge in [0.2, 0.25) is 0 Å². The molecule has 6 atom stereocenters. The van der Waals surface area contributed by atoms with Crippen LogP contribution in [0.1, 0.15) is 32.6 Å². The van der Waals surface area contributed by atoms with Gasteiger partial charge < -0.3 is 4.74 Å². The van der Waals surface area contributed by atoms with Crippen molar-refractivity contribution in [3.05, 3.63) is 0 Å². The Morgan fingerprint density at radius 2 is 2.00 bits per heavy atom. The molecule has 0 aromatic heterocycles. The quantitative estimate of drug-likeness (QED) is 0.542. The maximum Gasteiger partial charge on any atom is 0.302 e. The lowest BCUT2D eigenvalue weighted by Gasteiger charge is -2.30. The van der Waals surface area contributed by atoms with Gasteiger partial charge in [-0.1, -0.05) is 22.4 Å². The van der Waals surface area contributed by atoms with Crippen LogP contribution in [0.2, 0.25) is 0 Å². The van der Waals surface area contributed by atoms with Crippen LogP contribution < -0.4 is 0 Å². The van der Waals surface area contributed by atoms with Gasteiger partial charge in [-0.15, -0.1) is 0 Å². The van der Waals surface area contributed by atoms with E-state index in [9.17, 15) is 4.79 Å². The molecule has 3 aliphatic rings. The zero-order valence-electron chi connectivity index (χ0n) is 8.99. The highest BCUT2D eigenvalue weighted by Gasteiger charge is 2.60. The lowest BCUT2D eigenvalue weighted by atomic mass is 9.80. The number of ether oxygens (including phenoxy) is 1. The van der Waals surface area contributed by atoms with Crippen LogP contribution in [0.3, 0.4) is 0 Å². The van der Waals surface area contributed by atoms with E-state index in [1.807, 2.05) is 0 Å². The average Bonchev–Trinajstić information content (AvgIpc) is 2.76. The molecular formula is C12H17BrO2. The molecule has 0 aromatic rings. The predicted molar refractivity (Wildman–Crippen MR) is 60.7 cm³/mol. The van der Waals surface area contributed by atoms with Crippen molar-refractivity contribution in [2.24, 2.45) is 23.7 Å². The van der Waals surface area contributed by atoms with Crippen molar-refractivity contribution in [2.75, 3.05) is 0 Å². The Morgan fingerprint density at radius 1 is 1.27 bits per heavy atom. The number of esters is 1. The van der Waals surface area contributed by atoms with Gasteiger partial charge in [0.25, 0.3) is 0 Å². The molecule has 0 aromatic carbocycles. The fourth-order valence-electron chi connectivity index (χ4n) is 4.34. The molecule has 0 N–H and O–H groups in total.